The molecule has 0 atom stereocenters. The zero-order valence-electron chi connectivity index (χ0n) is 8.61. The van der Waals surface area contributed by atoms with E-state index in [0.29, 0.717) is 11.3 Å². The highest BCUT2D eigenvalue weighted by Gasteiger charge is 2.04. The number of aromatic hydroxyl groups is 1. The Morgan fingerprint density at radius 3 is 2.80 bits per heavy atom. The van der Waals surface area contributed by atoms with Crippen LogP contribution < -0.4 is 11.2 Å². The molecule has 0 saturated heterocycles. The van der Waals surface area contributed by atoms with Crippen LogP contribution in [0.15, 0.2) is 23.3 Å². The molecule has 5 heteroatoms. The Morgan fingerprint density at radius 1 is 1.53 bits per heavy atom. The van der Waals surface area contributed by atoms with Gasteiger partial charge in [0, 0.05) is 5.56 Å². The van der Waals surface area contributed by atoms with Gasteiger partial charge in [0.2, 0.25) is 0 Å². The lowest BCUT2D eigenvalue weighted by molar-refractivity contribution is 0.249. The molecule has 0 saturated carbocycles. The molecule has 80 valence electrons. The molecule has 5 nitrogen and oxygen atoms in total. The van der Waals surface area contributed by atoms with Crippen molar-refractivity contribution >= 4 is 11.7 Å². The quantitative estimate of drug-likeness (QED) is 0.500. The van der Waals surface area contributed by atoms with E-state index in [1.165, 1.54) is 0 Å². The smallest absolute Gasteiger partial charge is 0.332 e. The van der Waals surface area contributed by atoms with Crippen LogP contribution in [0.4, 0.5) is 4.79 Å². The number of aryl methyl sites for hydroxylation is 1. The molecule has 4 N–H and O–H groups in total. The first kappa shape index (κ1) is 11.0. The summed E-state index contributed by atoms with van der Waals surface area (Å²) in [5, 5.41) is 13.3. The predicted molar refractivity (Wildman–Crippen MR) is 57.8 cm³/mol. The Balaban J connectivity index is 2.99. The van der Waals surface area contributed by atoms with Crippen LogP contribution in [0.5, 0.6) is 5.75 Å². The maximum Gasteiger partial charge on any atom is 0.332 e. The van der Waals surface area contributed by atoms with Gasteiger partial charge in [0.1, 0.15) is 5.75 Å². The Morgan fingerprint density at radius 2 is 2.20 bits per heavy atom. The average molecular weight is 207 g/mol. The van der Waals surface area contributed by atoms with E-state index in [9.17, 15) is 9.90 Å². The van der Waals surface area contributed by atoms with Crippen LogP contribution in [0.1, 0.15) is 18.1 Å². The molecule has 0 spiro atoms. The highest BCUT2D eigenvalue weighted by atomic mass is 16.3. The highest BCUT2D eigenvalue weighted by Crippen LogP contribution is 2.18. The van der Waals surface area contributed by atoms with Crippen LogP contribution in [-0.4, -0.2) is 16.8 Å². The van der Waals surface area contributed by atoms with E-state index in [1.54, 1.807) is 25.1 Å². The summed E-state index contributed by atoms with van der Waals surface area (Å²) in [7, 11) is 0. The van der Waals surface area contributed by atoms with Gasteiger partial charge in [-0.2, -0.15) is 5.10 Å². The highest BCUT2D eigenvalue weighted by molar-refractivity contribution is 6.01. The standard InChI is InChI=1S/C10H13N3O2/c1-6-3-4-9(14)8(5-6)7(2)12-13-10(11)15/h3-5,14H,1-2H3,(H3,11,13,15)/b12-7-. The number of hydrogen-bond donors (Lipinski definition) is 3. The van der Waals surface area contributed by atoms with Gasteiger partial charge in [-0.3, -0.25) is 0 Å². The summed E-state index contributed by atoms with van der Waals surface area (Å²) in [5.41, 5.74) is 9.04. The number of hydrogen-bond acceptors (Lipinski definition) is 3. The van der Waals surface area contributed by atoms with Crippen LogP contribution in [0.25, 0.3) is 0 Å². The molecule has 0 radical (unpaired) electrons. The summed E-state index contributed by atoms with van der Waals surface area (Å²) in [6.45, 7) is 3.57. The SMILES string of the molecule is C/C(=N/NC(N)=O)c1cc(C)ccc1O. The minimum Gasteiger partial charge on any atom is -0.507 e. The van der Waals surface area contributed by atoms with Crippen LogP contribution in [0.2, 0.25) is 0 Å². The van der Waals surface area contributed by atoms with Gasteiger partial charge in [-0.15, -0.1) is 0 Å². The number of primary amides is 1. The fourth-order valence-corrected chi connectivity index (χ4v) is 1.14. The lowest BCUT2D eigenvalue weighted by atomic mass is 10.1. The molecule has 0 bridgehead atoms. The number of carbonyl (C=O) groups excluding carboxylic acids is 1. The van der Waals surface area contributed by atoms with Crippen LogP contribution >= 0.6 is 0 Å². The van der Waals surface area contributed by atoms with Crippen molar-refractivity contribution in [3.63, 3.8) is 0 Å². The summed E-state index contributed by atoms with van der Waals surface area (Å²) < 4.78 is 0. The molecule has 2 amide bonds. The van der Waals surface area contributed by atoms with Gasteiger partial charge in [-0.05, 0) is 26.0 Å². The number of amides is 2. The third kappa shape index (κ3) is 2.98. The third-order valence-electron chi connectivity index (χ3n) is 1.88. The van der Waals surface area contributed by atoms with E-state index < -0.39 is 6.03 Å². The van der Waals surface area contributed by atoms with E-state index in [4.69, 9.17) is 5.73 Å². The Hall–Kier alpha value is -2.04. The molecule has 1 rings (SSSR count). The monoisotopic (exact) mass is 207 g/mol. The summed E-state index contributed by atoms with van der Waals surface area (Å²) in [6, 6.07) is 4.40. The van der Waals surface area contributed by atoms with Gasteiger partial charge in [0.05, 0.1) is 5.71 Å². The number of nitrogens with zero attached hydrogens (tertiary/aromatic N) is 1. The average Bonchev–Trinajstić information content (AvgIpc) is 2.18. The van der Waals surface area contributed by atoms with Crippen molar-refractivity contribution in [3.8, 4) is 5.75 Å². The van der Waals surface area contributed by atoms with Gasteiger partial charge in [0.15, 0.2) is 0 Å². The van der Waals surface area contributed by atoms with Crippen LogP contribution in [0, 0.1) is 6.92 Å². The molecule has 0 aromatic heterocycles. The van der Waals surface area contributed by atoms with Crippen molar-refractivity contribution in [2.75, 3.05) is 0 Å². The minimum absolute atomic E-state index is 0.119. The topological polar surface area (TPSA) is 87.7 Å². The molecule has 0 aliphatic heterocycles. The number of nitrogens with one attached hydrogen (secondary N) is 1. The number of urea groups is 1. The van der Waals surface area contributed by atoms with Crippen LogP contribution in [0.3, 0.4) is 0 Å². The van der Waals surface area contributed by atoms with E-state index in [-0.39, 0.29) is 5.75 Å². The molecule has 0 aliphatic carbocycles. The summed E-state index contributed by atoms with van der Waals surface area (Å²) >= 11 is 0. The zero-order chi connectivity index (χ0) is 11.4. The first-order valence-corrected chi connectivity index (χ1v) is 4.40. The third-order valence-corrected chi connectivity index (χ3v) is 1.88. The summed E-state index contributed by atoms with van der Waals surface area (Å²) in [4.78, 5) is 10.4. The molecule has 15 heavy (non-hydrogen) atoms. The van der Waals surface area contributed by atoms with Gasteiger partial charge in [0.25, 0.3) is 0 Å². The van der Waals surface area contributed by atoms with E-state index in [0.717, 1.165) is 5.56 Å². The number of carbonyl (C=O) groups is 1. The van der Waals surface area contributed by atoms with Crippen molar-refractivity contribution in [3.05, 3.63) is 29.3 Å². The van der Waals surface area contributed by atoms with E-state index in [1.807, 2.05) is 6.92 Å². The molecule has 0 aliphatic rings. The Labute approximate surface area is 87.6 Å². The summed E-state index contributed by atoms with van der Waals surface area (Å²) in [5.74, 6) is 0.119. The molecule has 0 heterocycles. The van der Waals surface area contributed by atoms with Crippen molar-refractivity contribution in [1.82, 2.24) is 5.43 Å². The van der Waals surface area contributed by atoms with Gasteiger partial charge < -0.3 is 10.8 Å². The number of phenols is 1. The van der Waals surface area contributed by atoms with Crippen molar-refractivity contribution in [2.45, 2.75) is 13.8 Å². The number of phenolic OH excluding ortho intramolecular Hbond substituents is 1. The molecular weight excluding hydrogens is 194 g/mol. The van der Waals surface area contributed by atoms with E-state index in [2.05, 4.69) is 10.5 Å². The number of nitrogens with two attached hydrogens (primary N) is 1. The molecule has 1 aromatic carbocycles. The minimum atomic E-state index is -0.735. The summed E-state index contributed by atoms with van der Waals surface area (Å²) in [6.07, 6.45) is 0. The van der Waals surface area contributed by atoms with Gasteiger partial charge in [-0.1, -0.05) is 11.6 Å². The first-order valence-electron chi connectivity index (χ1n) is 4.40. The lowest BCUT2D eigenvalue weighted by Gasteiger charge is -2.05. The maximum absolute atomic E-state index is 10.4. The number of benzene rings is 1. The number of rotatable bonds is 2. The first-order chi connectivity index (χ1) is 7.00. The number of hydrazone groups is 1. The van der Waals surface area contributed by atoms with Crippen molar-refractivity contribution < 1.29 is 9.90 Å². The Kier molecular flexibility index (Phi) is 3.28. The fraction of sp³-hybridized carbons (Fsp3) is 0.200. The molecular formula is C10H13N3O2. The van der Waals surface area contributed by atoms with Gasteiger partial charge in [-0.25, -0.2) is 10.2 Å². The predicted octanol–water partition coefficient (Wildman–Crippen LogP) is 1.09. The maximum atomic E-state index is 10.4. The van der Waals surface area contributed by atoms with Crippen molar-refractivity contribution in [1.29, 1.82) is 0 Å². The Bertz CT molecular complexity index is 413. The molecule has 0 unspecified atom stereocenters. The zero-order valence-corrected chi connectivity index (χ0v) is 8.61. The second-order valence-electron chi connectivity index (χ2n) is 3.19. The molecule has 0 fully saturated rings. The fourth-order valence-electron chi connectivity index (χ4n) is 1.14. The van der Waals surface area contributed by atoms with Crippen molar-refractivity contribution in [2.24, 2.45) is 10.8 Å². The largest absolute Gasteiger partial charge is 0.507 e. The second-order valence-corrected chi connectivity index (χ2v) is 3.19. The van der Waals surface area contributed by atoms with E-state index >= 15 is 0 Å². The van der Waals surface area contributed by atoms with Gasteiger partial charge >= 0.3 is 6.03 Å². The normalized spacial score (nSPS) is 11.2. The second kappa shape index (κ2) is 4.45. The molecule has 1 aromatic rings. The van der Waals surface area contributed by atoms with Crippen LogP contribution in [-0.2, 0) is 0 Å². The lowest BCUT2D eigenvalue weighted by Crippen LogP contribution is -2.25.